The molecule has 0 aromatic heterocycles. The van der Waals surface area contributed by atoms with Gasteiger partial charge in [0, 0.05) is 6.04 Å². The second-order valence-electron chi connectivity index (χ2n) is 5.80. The molecule has 0 aliphatic heterocycles. The van der Waals surface area contributed by atoms with Crippen LogP contribution in [0.5, 0.6) is 0 Å². The van der Waals surface area contributed by atoms with Crippen molar-refractivity contribution in [2.45, 2.75) is 45.6 Å². The van der Waals surface area contributed by atoms with Crippen LogP contribution in [-0.2, 0) is 12.8 Å². The monoisotopic (exact) mass is 281 g/mol. The quantitative estimate of drug-likeness (QED) is 0.765. The Morgan fingerprint density at radius 2 is 1.67 bits per heavy atom. The molecule has 0 bridgehead atoms. The van der Waals surface area contributed by atoms with Crippen LogP contribution in [0.3, 0.4) is 0 Å². The minimum Gasteiger partial charge on any atom is -0.313 e. The first-order valence-corrected chi connectivity index (χ1v) is 8.05. The lowest BCUT2D eigenvalue weighted by molar-refractivity contribution is 0.548. The third-order valence-corrected chi connectivity index (χ3v) is 4.23. The standard InChI is InChI=1S/C20H27N/c1-4-7-17-10-12-19(13-11-17)20(21-3)15-14-18-9-6-5-8-16(18)2/h5-6,8-13,20-21H,4,7,14-15H2,1-3H3. The fourth-order valence-electron chi connectivity index (χ4n) is 2.87. The van der Waals surface area contributed by atoms with Crippen LogP contribution in [0.25, 0.3) is 0 Å². The molecule has 0 aliphatic rings. The molecule has 0 amide bonds. The second kappa shape index (κ2) is 7.99. The molecule has 0 radical (unpaired) electrons. The van der Waals surface area contributed by atoms with E-state index in [2.05, 4.69) is 74.7 Å². The highest BCUT2D eigenvalue weighted by Gasteiger charge is 2.10. The maximum atomic E-state index is 3.46. The van der Waals surface area contributed by atoms with E-state index >= 15 is 0 Å². The van der Waals surface area contributed by atoms with Gasteiger partial charge in [0.05, 0.1) is 0 Å². The molecule has 0 saturated carbocycles. The van der Waals surface area contributed by atoms with E-state index in [1.807, 2.05) is 0 Å². The van der Waals surface area contributed by atoms with Crippen molar-refractivity contribution in [1.82, 2.24) is 5.32 Å². The lowest BCUT2D eigenvalue weighted by atomic mass is 9.96. The maximum Gasteiger partial charge on any atom is 0.0320 e. The summed E-state index contributed by atoms with van der Waals surface area (Å²) >= 11 is 0. The predicted octanol–water partition coefficient (Wildman–Crippen LogP) is 4.84. The van der Waals surface area contributed by atoms with Crippen LogP contribution < -0.4 is 5.32 Å². The molecule has 2 rings (SSSR count). The number of aryl methyl sites for hydroxylation is 3. The maximum absolute atomic E-state index is 3.46. The van der Waals surface area contributed by atoms with Gasteiger partial charge >= 0.3 is 0 Å². The molecule has 0 aliphatic carbocycles. The van der Waals surface area contributed by atoms with Crippen molar-refractivity contribution in [3.05, 3.63) is 70.8 Å². The Labute approximate surface area is 129 Å². The summed E-state index contributed by atoms with van der Waals surface area (Å²) in [4.78, 5) is 0. The SMILES string of the molecule is CCCc1ccc(C(CCc2ccccc2C)NC)cc1. The van der Waals surface area contributed by atoms with Crippen LogP contribution in [-0.4, -0.2) is 7.05 Å². The summed E-state index contributed by atoms with van der Waals surface area (Å²) in [5.41, 5.74) is 5.69. The summed E-state index contributed by atoms with van der Waals surface area (Å²) in [7, 11) is 2.06. The summed E-state index contributed by atoms with van der Waals surface area (Å²) in [6.07, 6.45) is 4.64. The summed E-state index contributed by atoms with van der Waals surface area (Å²) in [6.45, 7) is 4.43. The van der Waals surface area contributed by atoms with Crippen molar-refractivity contribution >= 4 is 0 Å². The third kappa shape index (κ3) is 4.44. The van der Waals surface area contributed by atoms with Crippen LogP contribution in [0.15, 0.2) is 48.5 Å². The number of hydrogen-bond acceptors (Lipinski definition) is 1. The normalized spacial score (nSPS) is 12.3. The topological polar surface area (TPSA) is 12.0 Å². The number of benzene rings is 2. The summed E-state index contributed by atoms with van der Waals surface area (Å²) in [5, 5.41) is 3.46. The van der Waals surface area contributed by atoms with E-state index in [9.17, 15) is 0 Å². The van der Waals surface area contributed by atoms with E-state index in [0.29, 0.717) is 6.04 Å². The Morgan fingerprint density at radius 1 is 0.952 bits per heavy atom. The van der Waals surface area contributed by atoms with Crippen LogP contribution in [0.1, 0.15) is 48.1 Å². The van der Waals surface area contributed by atoms with Crippen molar-refractivity contribution in [2.75, 3.05) is 7.05 Å². The highest BCUT2D eigenvalue weighted by molar-refractivity contribution is 5.28. The molecule has 112 valence electrons. The van der Waals surface area contributed by atoms with Crippen LogP contribution in [0.2, 0.25) is 0 Å². The Balaban J connectivity index is 2.01. The minimum atomic E-state index is 0.431. The van der Waals surface area contributed by atoms with Gasteiger partial charge in [0.25, 0.3) is 0 Å². The van der Waals surface area contributed by atoms with Gasteiger partial charge in [-0.2, -0.15) is 0 Å². The summed E-state index contributed by atoms with van der Waals surface area (Å²) in [6, 6.07) is 18.2. The van der Waals surface area contributed by atoms with E-state index < -0.39 is 0 Å². The molecule has 1 N–H and O–H groups in total. The Hall–Kier alpha value is -1.60. The number of rotatable bonds is 7. The van der Waals surface area contributed by atoms with E-state index in [0.717, 1.165) is 12.8 Å². The first-order valence-electron chi connectivity index (χ1n) is 8.05. The van der Waals surface area contributed by atoms with Crippen molar-refractivity contribution in [3.8, 4) is 0 Å². The van der Waals surface area contributed by atoms with Gasteiger partial charge in [0.1, 0.15) is 0 Å². The van der Waals surface area contributed by atoms with Gasteiger partial charge in [-0.3, -0.25) is 0 Å². The van der Waals surface area contributed by atoms with E-state index in [1.54, 1.807) is 0 Å². The molecule has 0 heterocycles. The van der Waals surface area contributed by atoms with Gasteiger partial charge < -0.3 is 5.32 Å². The average molecular weight is 281 g/mol. The molecular formula is C20H27N. The van der Waals surface area contributed by atoms with Crippen LogP contribution >= 0.6 is 0 Å². The lowest BCUT2D eigenvalue weighted by Gasteiger charge is -2.18. The van der Waals surface area contributed by atoms with Gasteiger partial charge in [-0.25, -0.2) is 0 Å². The van der Waals surface area contributed by atoms with Gasteiger partial charge in [0.15, 0.2) is 0 Å². The number of nitrogens with one attached hydrogen (secondary N) is 1. The second-order valence-corrected chi connectivity index (χ2v) is 5.80. The largest absolute Gasteiger partial charge is 0.313 e. The fraction of sp³-hybridized carbons (Fsp3) is 0.400. The van der Waals surface area contributed by atoms with Crippen molar-refractivity contribution in [1.29, 1.82) is 0 Å². The molecule has 21 heavy (non-hydrogen) atoms. The van der Waals surface area contributed by atoms with Gasteiger partial charge in [0.2, 0.25) is 0 Å². The van der Waals surface area contributed by atoms with Crippen LogP contribution in [0.4, 0.5) is 0 Å². The lowest BCUT2D eigenvalue weighted by Crippen LogP contribution is -2.17. The molecule has 2 aromatic rings. The molecule has 1 nitrogen and oxygen atoms in total. The van der Waals surface area contributed by atoms with E-state index in [4.69, 9.17) is 0 Å². The first-order chi connectivity index (χ1) is 10.2. The molecule has 2 aromatic carbocycles. The van der Waals surface area contributed by atoms with Crippen LogP contribution in [0, 0.1) is 6.92 Å². The first kappa shape index (κ1) is 15.8. The molecular weight excluding hydrogens is 254 g/mol. The minimum absolute atomic E-state index is 0.431. The smallest absolute Gasteiger partial charge is 0.0320 e. The highest BCUT2D eigenvalue weighted by Crippen LogP contribution is 2.21. The van der Waals surface area contributed by atoms with Gasteiger partial charge in [-0.1, -0.05) is 61.9 Å². The average Bonchev–Trinajstić information content (AvgIpc) is 2.51. The molecule has 0 spiro atoms. The summed E-state index contributed by atoms with van der Waals surface area (Å²) in [5.74, 6) is 0. The van der Waals surface area contributed by atoms with Crippen molar-refractivity contribution in [2.24, 2.45) is 0 Å². The molecule has 0 saturated heterocycles. The fourth-order valence-corrected chi connectivity index (χ4v) is 2.87. The van der Waals surface area contributed by atoms with Gasteiger partial charge in [-0.05, 0) is 55.5 Å². The zero-order chi connectivity index (χ0) is 15.1. The predicted molar refractivity (Wildman–Crippen MR) is 91.7 cm³/mol. The number of hydrogen-bond donors (Lipinski definition) is 1. The third-order valence-electron chi connectivity index (χ3n) is 4.23. The highest BCUT2D eigenvalue weighted by atomic mass is 14.9. The Kier molecular flexibility index (Phi) is 6.01. The van der Waals surface area contributed by atoms with Gasteiger partial charge in [-0.15, -0.1) is 0 Å². The molecule has 1 heteroatoms. The zero-order valence-corrected chi connectivity index (χ0v) is 13.5. The van der Waals surface area contributed by atoms with Crippen molar-refractivity contribution in [3.63, 3.8) is 0 Å². The molecule has 0 fully saturated rings. The molecule has 1 unspecified atom stereocenters. The van der Waals surface area contributed by atoms with E-state index in [1.165, 1.54) is 35.1 Å². The van der Waals surface area contributed by atoms with E-state index in [-0.39, 0.29) is 0 Å². The Morgan fingerprint density at radius 3 is 2.29 bits per heavy atom. The summed E-state index contributed by atoms with van der Waals surface area (Å²) < 4.78 is 0. The Bertz CT molecular complexity index is 542. The molecule has 1 atom stereocenters. The van der Waals surface area contributed by atoms with Crippen molar-refractivity contribution < 1.29 is 0 Å². The zero-order valence-electron chi connectivity index (χ0n) is 13.5.